The minimum absolute atomic E-state index is 0.0633. The maximum Gasteiger partial charge on any atom is 0.319 e. The summed E-state index contributed by atoms with van der Waals surface area (Å²) in [6.07, 6.45) is 1.87. The monoisotopic (exact) mass is 269 g/mol. The lowest BCUT2D eigenvalue weighted by atomic mass is 9.63. The SMILES string of the molecule is CCO[C@H]1C[C@@H](N(C)C(=O)C2(C(=O)O)CC2)C1(C)C. The van der Waals surface area contributed by atoms with E-state index in [0.717, 1.165) is 6.42 Å². The van der Waals surface area contributed by atoms with E-state index in [1.807, 2.05) is 6.92 Å². The lowest BCUT2D eigenvalue weighted by Crippen LogP contribution is -2.63. The van der Waals surface area contributed by atoms with Crippen LogP contribution < -0.4 is 0 Å². The number of nitrogens with zero attached hydrogens (tertiary/aromatic N) is 1. The largest absolute Gasteiger partial charge is 0.480 e. The smallest absolute Gasteiger partial charge is 0.319 e. The molecular formula is C14H23NO4. The maximum atomic E-state index is 12.4. The summed E-state index contributed by atoms with van der Waals surface area (Å²) in [7, 11) is 1.72. The van der Waals surface area contributed by atoms with Crippen molar-refractivity contribution in [3.05, 3.63) is 0 Å². The molecule has 0 aliphatic heterocycles. The van der Waals surface area contributed by atoms with E-state index in [2.05, 4.69) is 13.8 Å². The van der Waals surface area contributed by atoms with Gasteiger partial charge in [-0.05, 0) is 26.2 Å². The molecule has 1 N–H and O–H groups in total. The summed E-state index contributed by atoms with van der Waals surface area (Å²) in [5.41, 5.74) is -1.25. The number of carboxylic acids is 1. The highest BCUT2D eigenvalue weighted by molar-refractivity contribution is 6.04. The lowest BCUT2D eigenvalue weighted by Gasteiger charge is -2.55. The van der Waals surface area contributed by atoms with Gasteiger partial charge in [-0.15, -0.1) is 0 Å². The molecule has 0 spiro atoms. The Hall–Kier alpha value is -1.10. The number of hydrogen-bond acceptors (Lipinski definition) is 3. The molecule has 2 rings (SSSR count). The van der Waals surface area contributed by atoms with Crippen molar-refractivity contribution in [1.29, 1.82) is 0 Å². The number of amides is 1. The second kappa shape index (κ2) is 4.47. The highest BCUT2D eigenvalue weighted by Gasteiger charge is 2.61. The normalized spacial score (nSPS) is 30.3. The molecule has 0 saturated heterocycles. The Balaban J connectivity index is 2.04. The van der Waals surface area contributed by atoms with Gasteiger partial charge < -0.3 is 14.7 Å². The van der Waals surface area contributed by atoms with Gasteiger partial charge in [-0.2, -0.15) is 0 Å². The van der Waals surface area contributed by atoms with Crippen molar-refractivity contribution in [3.63, 3.8) is 0 Å². The molecule has 0 aromatic carbocycles. The Morgan fingerprint density at radius 3 is 2.32 bits per heavy atom. The minimum atomic E-state index is -1.14. The number of ether oxygens (including phenoxy) is 1. The van der Waals surface area contributed by atoms with E-state index in [1.54, 1.807) is 11.9 Å². The van der Waals surface area contributed by atoms with Crippen LogP contribution in [0.15, 0.2) is 0 Å². The zero-order chi connectivity index (χ0) is 14.4. The molecular weight excluding hydrogens is 246 g/mol. The summed E-state index contributed by atoms with van der Waals surface area (Å²) < 4.78 is 5.65. The van der Waals surface area contributed by atoms with Crippen LogP contribution in [0.4, 0.5) is 0 Å². The molecule has 0 radical (unpaired) electrons. The summed E-state index contributed by atoms with van der Waals surface area (Å²) in [6.45, 7) is 6.77. The third kappa shape index (κ3) is 2.04. The van der Waals surface area contributed by atoms with Crippen molar-refractivity contribution in [2.45, 2.75) is 52.2 Å². The van der Waals surface area contributed by atoms with Crippen LogP contribution in [-0.2, 0) is 14.3 Å². The van der Waals surface area contributed by atoms with Crippen molar-refractivity contribution in [2.75, 3.05) is 13.7 Å². The molecule has 2 aliphatic carbocycles. The molecule has 0 bridgehead atoms. The fourth-order valence-corrected chi connectivity index (χ4v) is 3.13. The van der Waals surface area contributed by atoms with Gasteiger partial charge in [0.15, 0.2) is 0 Å². The number of carbonyl (C=O) groups excluding carboxylic acids is 1. The summed E-state index contributed by atoms with van der Waals surface area (Å²) >= 11 is 0. The molecule has 1 amide bonds. The highest BCUT2D eigenvalue weighted by atomic mass is 16.5. The van der Waals surface area contributed by atoms with E-state index in [0.29, 0.717) is 19.4 Å². The Labute approximate surface area is 113 Å². The molecule has 2 aliphatic rings. The van der Waals surface area contributed by atoms with Crippen molar-refractivity contribution >= 4 is 11.9 Å². The van der Waals surface area contributed by atoms with Crippen LogP contribution in [-0.4, -0.2) is 47.7 Å². The van der Waals surface area contributed by atoms with Crippen LogP contribution in [0.3, 0.4) is 0 Å². The molecule has 0 aromatic rings. The van der Waals surface area contributed by atoms with Gasteiger partial charge in [0.25, 0.3) is 0 Å². The first-order valence-corrected chi connectivity index (χ1v) is 6.89. The Bertz CT molecular complexity index is 400. The van der Waals surface area contributed by atoms with Crippen LogP contribution in [0.5, 0.6) is 0 Å². The predicted octanol–water partition coefficient (Wildman–Crippen LogP) is 1.51. The Morgan fingerprint density at radius 2 is 1.95 bits per heavy atom. The van der Waals surface area contributed by atoms with Crippen LogP contribution in [0.2, 0.25) is 0 Å². The highest BCUT2D eigenvalue weighted by Crippen LogP contribution is 2.51. The fraction of sp³-hybridized carbons (Fsp3) is 0.857. The summed E-state index contributed by atoms with van der Waals surface area (Å²) in [5, 5.41) is 9.19. The van der Waals surface area contributed by atoms with E-state index >= 15 is 0 Å². The zero-order valence-corrected chi connectivity index (χ0v) is 12.1. The van der Waals surface area contributed by atoms with E-state index in [9.17, 15) is 14.7 Å². The van der Waals surface area contributed by atoms with Crippen molar-refractivity contribution in [3.8, 4) is 0 Å². The molecule has 2 fully saturated rings. The first kappa shape index (κ1) is 14.3. The zero-order valence-electron chi connectivity index (χ0n) is 12.1. The molecule has 0 unspecified atom stereocenters. The minimum Gasteiger partial charge on any atom is -0.480 e. The van der Waals surface area contributed by atoms with E-state index in [1.165, 1.54) is 0 Å². The second-order valence-electron chi connectivity index (χ2n) is 6.32. The standard InChI is InChI=1S/C14H23NO4/c1-5-19-10-8-9(13(10,2)3)15(4)11(16)14(6-7-14)12(17)18/h9-10H,5-8H2,1-4H3,(H,17,18)/t9-,10+/m1/s1. The van der Waals surface area contributed by atoms with Crippen molar-refractivity contribution in [2.24, 2.45) is 10.8 Å². The van der Waals surface area contributed by atoms with E-state index in [-0.39, 0.29) is 23.5 Å². The summed E-state index contributed by atoms with van der Waals surface area (Å²) in [5.74, 6) is -1.23. The number of carbonyl (C=O) groups is 2. The van der Waals surface area contributed by atoms with Gasteiger partial charge in [-0.1, -0.05) is 13.8 Å². The molecule has 108 valence electrons. The maximum absolute atomic E-state index is 12.4. The Morgan fingerprint density at radius 1 is 1.37 bits per heavy atom. The van der Waals surface area contributed by atoms with Gasteiger partial charge in [-0.25, -0.2) is 0 Å². The van der Waals surface area contributed by atoms with Gasteiger partial charge >= 0.3 is 5.97 Å². The average molecular weight is 269 g/mol. The number of rotatable bonds is 5. The summed E-state index contributed by atoms with van der Waals surface area (Å²) in [6, 6.07) is 0.0633. The third-order valence-corrected chi connectivity index (χ3v) is 4.85. The van der Waals surface area contributed by atoms with Gasteiger partial charge in [0, 0.05) is 25.1 Å². The molecule has 2 saturated carbocycles. The van der Waals surface area contributed by atoms with Crippen LogP contribution in [0.1, 0.15) is 40.0 Å². The van der Waals surface area contributed by atoms with Crippen molar-refractivity contribution < 1.29 is 19.4 Å². The first-order valence-electron chi connectivity index (χ1n) is 6.89. The number of hydrogen-bond donors (Lipinski definition) is 1. The quantitative estimate of drug-likeness (QED) is 0.768. The Kier molecular flexibility index (Phi) is 3.37. The molecule has 2 atom stereocenters. The van der Waals surface area contributed by atoms with Gasteiger partial charge in [0.05, 0.1) is 6.10 Å². The van der Waals surface area contributed by atoms with Crippen LogP contribution >= 0.6 is 0 Å². The van der Waals surface area contributed by atoms with E-state index < -0.39 is 11.4 Å². The fourth-order valence-electron chi connectivity index (χ4n) is 3.13. The lowest BCUT2D eigenvalue weighted by molar-refractivity contribution is -0.171. The molecule has 5 nitrogen and oxygen atoms in total. The predicted molar refractivity (Wildman–Crippen MR) is 69.7 cm³/mol. The molecule has 0 aromatic heterocycles. The average Bonchev–Trinajstić information content (AvgIpc) is 3.13. The van der Waals surface area contributed by atoms with Crippen LogP contribution in [0.25, 0.3) is 0 Å². The van der Waals surface area contributed by atoms with E-state index in [4.69, 9.17) is 4.74 Å². The van der Waals surface area contributed by atoms with Gasteiger partial charge in [0.1, 0.15) is 5.41 Å². The molecule has 0 heterocycles. The van der Waals surface area contributed by atoms with Gasteiger partial charge in [-0.3, -0.25) is 9.59 Å². The topological polar surface area (TPSA) is 66.8 Å². The van der Waals surface area contributed by atoms with Gasteiger partial charge in [0.2, 0.25) is 5.91 Å². The third-order valence-electron chi connectivity index (χ3n) is 4.85. The number of carboxylic acid groups (broad SMARTS) is 1. The van der Waals surface area contributed by atoms with Crippen LogP contribution in [0, 0.1) is 10.8 Å². The van der Waals surface area contributed by atoms with Crippen molar-refractivity contribution in [1.82, 2.24) is 4.90 Å². The first-order chi connectivity index (χ1) is 8.77. The second-order valence-corrected chi connectivity index (χ2v) is 6.32. The molecule has 19 heavy (non-hydrogen) atoms. The molecule has 5 heteroatoms. The number of aliphatic carboxylic acids is 1. The summed E-state index contributed by atoms with van der Waals surface area (Å²) in [4.78, 5) is 25.2.